The SMILES string of the molecule is N#CCCN1CCN(c2ccc(C(=O)O)cc2NC(=O)c2ccc(F)cc2)CC1. The zero-order chi connectivity index (χ0) is 20.8. The van der Waals surface area contributed by atoms with E-state index in [-0.39, 0.29) is 11.1 Å². The van der Waals surface area contributed by atoms with Gasteiger partial charge in [0, 0.05) is 44.7 Å². The highest BCUT2D eigenvalue weighted by Crippen LogP contribution is 2.29. The van der Waals surface area contributed by atoms with E-state index in [4.69, 9.17) is 5.26 Å². The lowest BCUT2D eigenvalue weighted by atomic mass is 10.1. The molecule has 1 saturated heterocycles. The number of amides is 1. The molecule has 0 unspecified atom stereocenters. The van der Waals surface area contributed by atoms with Gasteiger partial charge in [-0.15, -0.1) is 0 Å². The molecule has 0 aliphatic carbocycles. The molecule has 29 heavy (non-hydrogen) atoms. The molecule has 0 bridgehead atoms. The van der Waals surface area contributed by atoms with E-state index in [1.807, 2.05) is 0 Å². The molecule has 150 valence electrons. The van der Waals surface area contributed by atoms with Crippen LogP contribution in [-0.4, -0.2) is 54.6 Å². The van der Waals surface area contributed by atoms with Gasteiger partial charge in [0.25, 0.3) is 5.91 Å². The van der Waals surface area contributed by atoms with E-state index in [2.05, 4.69) is 21.2 Å². The third-order valence-corrected chi connectivity index (χ3v) is 4.85. The summed E-state index contributed by atoms with van der Waals surface area (Å²) < 4.78 is 13.1. The van der Waals surface area contributed by atoms with Gasteiger partial charge in [-0.05, 0) is 42.5 Å². The number of carbonyl (C=O) groups excluding carboxylic acids is 1. The number of hydrogen-bond acceptors (Lipinski definition) is 5. The number of halogens is 1. The average molecular weight is 396 g/mol. The van der Waals surface area contributed by atoms with Gasteiger partial charge in [0.1, 0.15) is 5.82 Å². The highest BCUT2D eigenvalue weighted by atomic mass is 19.1. The van der Waals surface area contributed by atoms with Crippen molar-refractivity contribution in [2.45, 2.75) is 6.42 Å². The van der Waals surface area contributed by atoms with Crippen molar-refractivity contribution in [2.24, 2.45) is 0 Å². The monoisotopic (exact) mass is 396 g/mol. The minimum Gasteiger partial charge on any atom is -0.478 e. The summed E-state index contributed by atoms with van der Waals surface area (Å²) in [6, 6.07) is 11.9. The lowest BCUT2D eigenvalue weighted by Gasteiger charge is -2.36. The van der Waals surface area contributed by atoms with Crippen LogP contribution in [0.3, 0.4) is 0 Å². The third kappa shape index (κ3) is 5.09. The van der Waals surface area contributed by atoms with Crippen LogP contribution in [0.5, 0.6) is 0 Å². The molecule has 1 heterocycles. The summed E-state index contributed by atoms with van der Waals surface area (Å²) in [5.41, 5.74) is 1.46. The standard InChI is InChI=1S/C21H21FN4O3/c22-17-5-2-15(3-6-17)20(27)24-18-14-16(21(28)29)4-7-19(18)26-12-10-25(11-13-26)9-1-8-23/h2-7,14H,1,9-13H2,(H,24,27)(H,28,29). The number of carboxylic acid groups (broad SMARTS) is 1. The largest absolute Gasteiger partial charge is 0.478 e. The second-order valence-corrected chi connectivity index (χ2v) is 6.73. The number of piperazine rings is 1. The molecule has 1 aliphatic heterocycles. The fourth-order valence-corrected chi connectivity index (χ4v) is 3.26. The predicted molar refractivity (Wildman–Crippen MR) is 107 cm³/mol. The van der Waals surface area contributed by atoms with Crippen LogP contribution < -0.4 is 10.2 Å². The molecule has 7 nitrogen and oxygen atoms in total. The summed E-state index contributed by atoms with van der Waals surface area (Å²) in [5.74, 6) is -1.97. The summed E-state index contributed by atoms with van der Waals surface area (Å²) in [5, 5.41) is 20.8. The molecular weight excluding hydrogens is 375 g/mol. The first-order valence-corrected chi connectivity index (χ1v) is 9.26. The fourth-order valence-electron chi connectivity index (χ4n) is 3.26. The van der Waals surface area contributed by atoms with Crippen molar-refractivity contribution >= 4 is 23.3 Å². The Kier molecular flexibility index (Phi) is 6.42. The second-order valence-electron chi connectivity index (χ2n) is 6.73. The average Bonchev–Trinajstić information content (AvgIpc) is 2.73. The molecule has 0 spiro atoms. The van der Waals surface area contributed by atoms with Gasteiger partial charge in [0.2, 0.25) is 0 Å². The van der Waals surface area contributed by atoms with Gasteiger partial charge in [-0.25, -0.2) is 9.18 Å². The topological polar surface area (TPSA) is 96.7 Å². The smallest absolute Gasteiger partial charge is 0.335 e. The number of aromatic carboxylic acids is 1. The van der Waals surface area contributed by atoms with E-state index < -0.39 is 17.7 Å². The number of nitrogens with one attached hydrogen (secondary N) is 1. The van der Waals surface area contributed by atoms with Crippen LogP contribution in [0.2, 0.25) is 0 Å². The lowest BCUT2D eigenvalue weighted by molar-refractivity contribution is 0.0696. The van der Waals surface area contributed by atoms with E-state index in [1.165, 1.54) is 36.4 Å². The Balaban J connectivity index is 1.80. The molecule has 3 rings (SSSR count). The first kappa shape index (κ1) is 20.3. The van der Waals surface area contributed by atoms with E-state index in [9.17, 15) is 19.1 Å². The highest BCUT2D eigenvalue weighted by molar-refractivity contribution is 6.06. The van der Waals surface area contributed by atoms with Crippen molar-refractivity contribution in [3.63, 3.8) is 0 Å². The predicted octanol–water partition coefficient (Wildman–Crippen LogP) is 2.81. The first-order valence-electron chi connectivity index (χ1n) is 9.26. The zero-order valence-corrected chi connectivity index (χ0v) is 15.8. The summed E-state index contributed by atoms with van der Waals surface area (Å²) in [4.78, 5) is 28.2. The van der Waals surface area contributed by atoms with Gasteiger partial charge in [0.05, 0.1) is 23.0 Å². The molecule has 0 atom stereocenters. The van der Waals surface area contributed by atoms with Crippen LogP contribution in [0.1, 0.15) is 27.1 Å². The van der Waals surface area contributed by atoms with Gasteiger partial charge in [0.15, 0.2) is 0 Å². The Morgan fingerprint density at radius 3 is 2.34 bits per heavy atom. The Hall–Kier alpha value is -3.44. The van der Waals surface area contributed by atoms with Crippen molar-refractivity contribution in [1.29, 1.82) is 5.26 Å². The number of nitriles is 1. The fraction of sp³-hybridized carbons (Fsp3) is 0.286. The Bertz CT molecular complexity index is 932. The summed E-state index contributed by atoms with van der Waals surface area (Å²) in [6.45, 7) is 3.65. The van der Waals surface area contributed by atoms with Gasteiger partial charge >= 0.3 is 5.97 Å². The second kappa shape index (κ2) is 9.17. The molecule has 0 saturated carbocycles. The van der Waals surface area contributed by atoms with Crippen molar-refractivity contribution in [2.75, 3.05) is 42.9 Å². The van der Waals surface area contributed by atoms with E-state index in [0.717, 1.165) is 25.3 Å². The minimum atomic E-state index is -1.09. The maximum Gasteiger partial charge on any atom is 0.335 e. The number of carboxylic acids is 1. The number of anilines is 2. The molecule has 1 amide bonds. The number of nitrogens with zero attached hydrogens (tertiary/aromatic N) is 3. The zero-order valence-electron chi connectivity index (χ0n) is 15.8. The van der Waals surface area contributed by atoms with Gasteiger partial charge in [-0.1, -0.05) is 0 Å². The van der Waals surface area contributed by atoms with Crippen LogP contribution in [0.15, 0.2) is 42.5 Å². The molecule has 8 heteroatoms. The van der Waals surface area contributed by atoms with Crippen molar-refractivity contribution in [1.82, 2.24) is 4.90 Å². The van der Waals surface area contributed by atoms with Gasteiger partial charge < -0.3 is 15.3 Å². The maximum atomic E-state index is 13.1. The van der Waals surface area contributed by atoms with Crippen LogP contribution in [0.4, 0.5) is 15.8 Å². The van der Waals surface area contributed by atoms with E-state index in [1.54, 1.807) is 6.07 Å². The minimum absolute atomic E-state index is 0.0656. The van der Waals surface area contributed by atoms with Crippen LogP contribution in [-0.2, 0) is 0 Å². The normalized spacial score (nSPS) is 14.3. The third-order valence-electron chi connectivity index (χ3n) is 4.85. The van der Waals surface area contributed by atoms with Crippen molar-refractivity contribution in [3.05, 3.63) is 59.4 Å². The Morgan fingerprint density at radius 2 is 1.72 bits per heavy atom. The maximum absolute atomic E-state index is 13.1. The summed E-state index contributed by atoms with van der Waals surface area (Å²) >= 11 is 0. The molecule has 1 fully saturated rings. The first-order chi connectivity index (χ1) is 14.0. The Morgan fingerprint density at radius 1 is 1.07 bits per heavy atom. The lowest BCUT2D eigenvalue weighted by Crippen LogP contribution is -2.46. The Labute approximate surface area is 168 Å². The van der Waals surface area contributed by atoms with Gasteiger partial charge in [-0.3, -0.25) is 9.69 Å². The van der Waals surface area contributed by atoms with Crippen LogP contribution in [0, 0.1) is 17.1 Å². The highest BCUT2D eigenvalue weighted by Gasteiger charge is 2.21. The molecule has 0 radical (unpaired) electrons. The quantitative estimate of drug-likeness (QED) is 0.779. The number of carbonyl (C=O) groups is 2. The molecular formula is C21H21FN4O3. The number of hydrogen-bond donors (Lipinski definition) is 2. The number of benzene rings is 2. The molecule has 2 N–H and O–H groups in total. The molecule has 2 aromatic carbocycles. The summed E-state index contributed by atoms with van der Waals surface area (Å²) in [6.07, 6.45) is 0.478. The molecule has 1 aliphatic rings. The van der Waals surface area contributed by atoms with Crippen LogP contribution in [0.25, 0.3) is 0 Å². The number of rotatable bonds is 6. The van der Waals surface area contributed by atoms with E-state index in [0.29, 0.717) is 25.2 Å². The van der Waals surface area contributed by atoms with E-state index >= 15 is 0 Å². The van der Waals surface area contributed by atoms with Crippen LogP contribution >= 0.6 is 0 Å². The van der Waals surface area contributed by atoms with Gasteiger partial charge in [-0.2, -0.15) is 5.26 Å². The summed E-state index contributed by atoms with van der Waals surface area (Å²) in [7, 11) is 0. The molecule has 2 aromatic rings. The van der Waals surface area contributed by atoms with Crippen molar-refractivity contribution in [3.8, 4) is 6.07 Å². The van der Waals surface area contributed by atoms with Crippen molar-refractivity contribution < 1.29 is 19.1 Å². The molecule has 0 aromatic heterocycles.